The molecule has 0 saturated carbocycles. The Hall–Kier alpha value is -0.730. The summed E-state index contributed by atoms with van der Waals surface area (Å²) in [5, 5.41) is 0.691. The van der Waals surface area contributed by atoms with Gasteiger partial charge in [-0.2, -0.15) is 0 Å². The second-order valence-corrected chi connectivity index (χ2v) is 4.88. The zero-order valence-electron chi connectivity index (χ0n) is 11.5. The predicted molar refractivity (Wildman–Crippen MR) is 78.6 cm³/mol. The molecule has 0 saturated heterocycles. The lowest BCUT2D eigenvalue weighted by atomic mass is 10.3. The number of benzene rings is 1. The fraction of sp³-hybridized carbons (Fsp3) is 0.600. The number of rotatable bonds is 9. The van der Waals surface area contributed by atoms with Crippen LogP contribution in [0.1, 0.15) is 33.1 Å². The van der Waals surface area contributed by atoms with Crippen LogP contribution in [0, 0.1) is 0 Å². The third-order valence-corrected chi connectivity index (χ3v) is 3.10. The average Bonchev–Trinajstić information content (AvgIpc) is 2.37. The van der Waals surface area contributed by atoms with Crippen LogP contribution < -0.4 is 4.74 Å². The molecular weight excluding hydrogens is 246 g/mol. The van der Waals surface area contributed by atoms with Gasteiger partial charge in [-0.3, -0.25) is 0 Å². The molecule has 1 rings (SSSR count). The Kier molecular flexibility index (Phi) is 7.86. The predicted octanol–water partition coefficient (Wildman–Crippen LogP) is 4.23. The summed E-state index contributed by atoms with van der Waals surface area (Å²) < 4.78 is 5.68. The second-order valence-electron chi connectivity index (χ2n) is 4.47. The summed E-state index contributed by atoms with van der Waals surface area (Å²) in [6.07, 6.45) is 3.47. The van der Waals surface area contributed by atoms with Gasteiger partial charge in [0.15, 0.2) is 0 Å². The van der Waals surface area contributed by atoms with Crippen molar-refractivity contribution in [1.29, 1.82) is 0 Å². The highest BCUT2D eigenvalue weighted by Crippen LogP contribution is 2.23. The molecule has 1 aromatic carbocycles. The summed E-state index contributed by atoms with van der Waals surface area (Å²) in [5.74, 6) is 0.789. The second kappa shape index (κ2) is 9.23. The van der Waals surface area contributed by atoms with Crippen LogP contribution in [0.15, 0.2) is 24.3 Å². The van der Waals surface area contributed by atoms with Crippen molar-refractivity contribution < 1.29 is 4.74 Å². The van der Waals surface area contributed by atoms with Gasteiger partial charge < -0.3 is 9.64 Å². The van der Waals surface area contributed by atoms with Crippen molar-refractivity contribution in [3.8, 4) is 5.75 Å². The Balaban J connectivity index is 2.23. The topological polar surface area (TPSA) is 12.5 Å². The van der Waals surface area contributed by atoms with E-state index in [0.29, 0.717) is 5.02 Å². The highest BCUT2D eigenvalue weighted by molar-refractivity contribution is 6.32. The minimum absolute atomic E-state index is 0.691. The largest absolute Gasteiger partial charge is 0.492 e. The quantitative estimate of drug-likeness (QED) is 0.622. The molecule has 0 spiro atoms. The monoisotopic (exact) mass is 269 g/mol. The fourth-order valence-electron chi connectivity index (χ4n) is 2.00. The number of para-hydroxylation sites is 1. The lowest BCUT2D eigenvalue weighted by Crippen LogP contribution is -2.27. The van der Waals surface area contributed by atoms with Crippen LogP contribution >= 0.6 is 11.6 Å². The number of hydrogen-bond acceptors (Lipinski definition) is 2. The Morgan fingerprint density at radius 1 is 1.06 bits per heavy atom. The van der Waals surface area contributed by atoms with Gasteiger partial charge in [0.1, 0.15) is 5.75 Å². The number of halogens is 1. The van der Waals surface area contributed by atoms with E-state index in [1.807, 2.05) is 24.3 Å². The van der Waals surface area contributed by atoms with Crippen molar-refractivity contribution in [1.82, 2.24) is 4.90 Å². The van der Waals surface area contributed by atoms with Crippen LogP contribution in [0.4, 0.5) is 0 Å². The molecule has 0 fully saturated rings. The van der Waals surface area contributed by atoms with Crippen LogP contribution in [0.5, 0.6) is 5.75 Å². The highest BCUT2D eigenvalue weighted by atomic mass is 35.5. The van der Waals surface area contributed by atoms with E-state index in [9.17, 15) is 0 Å². The van der Waals surface area contributed by atoms with E-state index in [1.165, 1.54) is 25.9 Å². The zero-order valence-corrected chi connectivity index (χ0v) is 12.2. The standard InChI is InChI=1S/C15H24ClNO/c1-3-10-17(11-4-2)12-7-13-18-15-9-6-5-8-14(15)16/h5-6,8-9H,3-4,7,10-13H2,1-2H3. The van der Waals surface area contributed by atoms with E-state index in [4.69, 9.17) is 16.3 Å². The van der Waals surface area contributed by atoms with Gasteiger partial charge in [-0.1, -0.05) is 37.6 Å². The highest BCUT2D eigenvalue weighted by Gasteiger charge is 2.03. The van der Waals surface area contributed by atoms with Crippen LogP contribution in [0.2, 0.25) is 5.02 Å². The molecule has 0 radical (unpaired) electrons. The molecule has 0 heterocycles. The lowest BCUT2D eigenvalue weighted by Gasteiger charge is -2.20. The lowest BCUT2D eigenvalue weighted by molar-refractivity contribution is 0.234. The summed E-state index contributed by atoms with van der Waals surface area (Å²) in [4.78, 5) is 2.50. The first-order valence-electron chi connectivity index (χ1n) is 6.87. The molecule has 0 aromatic heterocycles. The molecule has 3 heteroatoms. The molecule has 102 valence electrons. The maximum atomic E-state index is 6.03. The van der Waals surface area contributed by atoms with Gasteiger partial charge in [-0.25, -0.2) is 0 Å². The molecule has 0 N–H and O–H groups in total. The minimum Gasteiger partial charge on any atom is -0.492 e. The molecule has 2 nitrogen and oxygen atoms in total. The SMILES string of the molecule is CCCN(CCC)CCCOc1ccccc1Cl. The van der Waals surface area contributed by atoms with Crippen molar-refractivity contribution >= 4 is 11.6 Å². The van der Waals surface area contributed by atoms with Gasteiger partial charge >= 0.3 is 0 Å². The Morgan fingerprint density at radius 3 is 2.33 bits per heavy atom. The first-order valence-corrected chi connectivity index (χ1v) is 7.25. The zero-order chi connectivity index (χ0) is 13.2. The van der Waals surface area contributed by atoms with Crippen molar-refractivity contribution in [2.75, 3.05) is 26.2 Å². The summed E-state index contributed by atoms with van der Waals surface area (Å²) >= 11 is 6.03. The maximum Gasteiger partial charge on any atom is 0.137 e. The van der Waals surface area contributed by atoms with Crippen LogP contribution in [-0.4, -0.2) is 31.1 Å². The van der Waals surface area contributed by atoms with E-state index >= 15 is 0 Å². The molecule has 18 heavy (non-hydrogen) atoms. The number of ether oxygens (including phenoxy) is 1. The average molecular weight is 270 g/mol. The number of nitrogens with zero attached hydrogens (tertiary/aromatic N) is 1. The fourth-order valence-corrected chi connectivity index (χ4v) is 2.19. The molecule has 0 atom stereocenters. The van der Waals surface area contributed by atoms with Crippen LogP contribution in [-0.2, 0) is 0 Å². The molecule has 0 aliphatic rings. The van der Waals surface area contributed by atoms with Gasteiger partial charge in [-0.05, 0) is 44.5 Å². The molecular formula is C15H24ClNO. The Labute approximate surface area is 116 Å². The van der Waals surface area contributed by atoms with E-state index in [0.717, 1.165) is 25.3 Å². The van der Waals surface area contributed by atoms with E-state index < -0.39 is 0 Å². The summed E-state index contributed by atoms with van der Waals surface area (Å²) in [6, 6.07) is 7.64. The minimum atomic E-state index is 0.691. The van der Waals surface area contributed by atoms with E-state index in [1.54, 1.807) is 0 Å². The molecule has 0 bridgehead atoms. The third-order valence-electron chi connectivity index (χ3n) is 2.79. The van der Waals surface area contributed by atoms with Crippen molar-refractivity contribution in [3.05, 3.63) is 29.3 Å². The van der Waals surface area contributed by atoms with Gasteiger partial charge in [0, 0.05) is 6.54 Å². The first-order chi connectivity index (χ1) is 8.77. The Morgan fingerprint density at radius 2 is 1.72 bits per heavy atom. The molecule has 1 aromatic rings. The van der Waals surface area contributed by atoms with E-state index in [2.05, 4.69) is 18.7 Å². The molecule has 0 unspecified atom stereocenters. The smallest absolute Gasteiger partial charge is 0.137 e. The van der Waals surface area contributed by atoms with Gasteiger partial charge in [0.25, 0.3) is 0 Å². The molecule has 0 amide bonds. The summed E-state index contributed by atoms with van der Waals surface area (Å²) in [6.45, 7) is 8.64. The maximum absolute atomic E-state index is 6.03. The number of hydrogen-bond donors (Lipinski definition) is 0. The molecule has 0 aliphatic heterocycles. The first kappa shape index (κ1) is 15.3. The summed E-state index contributed by atoms with van der Waals surface area (Å²) in [5.41, 5.74) is 0. The van der Waals surface area contributed by atoms with E-state index in [-0.39, 0.29) is 0 Å². The van der Waals surface area contributed by atoms with Crippen molar-refractivity contribution in [2.24, 2.45) is 0 Å². The van der Waals surface area contributed by atoms with Crippen molar-refractivity contribution in [2.45, 2.75) is 33.1 Å². The summed E-state index contributed by atoms with van der Waals surface area (Å²) in [7, 11) is 0. The van der Waals surface area contributed by atoms with Gasteiger partial charge in [-0.15, -0.1) is 0 Å². The Bertz CT molecular complexity index is 324. The van der Waals surface area contributed by atoms with Gasteiger partial charge in [0.05, 0.1) is 11.6 Å². The third kappa shape index (κ3) is 5.74. The van der Waals surface area contributed by atoms with Crippen LogP contribution in [0.25, 0.3) is 0 Å². The normalized spacial score (nSPS) is 10.9. The molecule has 0 aliphatic carbocycles. The van der Waals surface area contributed by atoms with Crippen LogP contribution in [0.3, 0.4) is 0 Å². The van der Waals surface area contributed by atoms with Gasteiger partial charge in [0.2, 0.25) is 0 Å². The van der Waals surface area contributed by atoms with Crippen molar-refractivity contribution in [3.63, 3.8) is 0 Å².